The molecule has 0 saturated heterocycles. The first-order valence-corrected chi connectivity index (χ1v) is 9.99. The van der Waals surface area contributed by atoms with Gasteiger partial charge in [0.25, 0.3) is 6.01 Å². The number of nitriles is 1. The lowest BCUT2D eigenvalue weighted by molar-refractivity contribution is -0.137. The predicted octanol–water partition coefficient (Wildman–Crippen LogP) is 5.57. The van der Waals surface area contributed by atoms with Crippen molar-refractivity contribution in [2.75, 3.05) is 6.61 Å². The van der Waals surface area contributed by atoms with Crippen LogP contribution in [-0.4, -0.2) is 22.3 Å². The van der Waals surface area contributed by atoms with Crippen LogP contribution in [0.15, 0.2) is 60.7 Å². The first-order chi connectivity index (χ1) is 15.8. The maximum Gasteiger partial charge on any atom is 0.416 e. The normalized spacial score (nSPS) is 15.2. The maximum atomic E-state index is 14.1. The van der Waals surface area contributed by atoms with E-state index in [2.05, 4.69) is 11.1 Å². The van der Waals surface area contributed by atoms with Crippen molar-refractivity contribution in [1.29, 1.82) is 5.26 Å². The zero-order chi connectivity index (χ0) is 23.2. The highest BCUT2D eigenvalue weighted by atomic mass is 19.4. The number of halogens is 4. The van der Waals surface area contributed by atoms with Gasteiger partial charge in [-0.2, -0.15) is 23.4 Å². The molecule has 0 bridgehead atoms. The summed E-state index contributed by atoms with van der Waals surface area (Å²) in [5.41, 5.74) is 1.33. The van der Waals surface area contributed by atoms with Crippen molar-refractivity contribution in [3.63, 3.8) is 0 Å². The molecule has 1 atom stereocenters. The van der Waals surface area contributed by atoms with Crippen LogP contribution in [0.4, 0.5) is 17.6 Å². The molecule has 9 heteroatoms. The van der Waals surface area contributed by atoms with Gasteiger partial charge >= 0.3 is 6.18 Å². The van der Waals surface area contributed by atoms with Crippen LogP contribution in [0.2, 0.25) is 0 Å². The molecule has 0 fully saturated rings. The first kappa shape index (κ1) is 20.8. The molecule has 5 rings (SSSR count). The van der Waals surface area contributed by atoms with Crippen molar-refractivity contribution in [2.45, 2.75) is 18.8 Å². The van der Waals surface area contributed by atoms with Crippen molar-refractivity contribution in [1.82, 2.24) is 9.55 Å². The second-order valence-corrected chi connectivity index (χ2v) is 7.59. The summed E-state index contributed by atoms with van der Waals surface area (Å²) in [5.74, 6) is -0.262. The van der Waals surface area contributed by atoms with Crippen molar-refractivity contribution < 1.29 is 27.0 Å². The molecule has 0 amide bonds. The van der Waals surface area contributed by atoms with Crippen molar-refractivity contribution in [3.05, 3.63) is 77.6 Å². The van der Waals surface area contributed by atoms with E-state index in [1.807, 2.05) is 10.6 Å². The number of fused-ring (bicyclic) bond motifs is 3. The van der Waals surface area contributed by atoms with Crippen LogP contribution in [0.1, 0.15) is 11.1 Å². The van der Waals surface area contributed by atoms with Crippen LogP contribution >= 0.6 is 0 Å². The van der Waals surface area contributed by atoms with Crippen molar-refractivity contribution in [3.8, 4) is 29.0 Å². The molecule has 3 aromatic carbocycles. The van der Waals surface area contributed by atoms with E-state index in [1.54, 1.807) is 24.3 Å². The summed E-state index contributed by atoms with van der Waals surface area (Å²) in [4.78, 5) is 4.40. The zero-order valence-electron chi connectivity index (χ0n) is 16.9. The van der Waals surface area contributed by atoms with E-state index >= 15 is 0 Å². The lowest BCUT2D eigenvalue weighted by Crippen LogP contribution is -2.23. The van der Waals surface area contributed by atoms with Gasteiger partial charge in [-0.05, 0) is 54.1 Å². The lowest BCUT2D eigenvalue weighted by Gasteiger charge is -2.13. The molecular formula is C24H15F4N3O2. The SMILES string of the molecule is N#Cc1ccc2c(c1)nc1n2C[C@@H](COc2ccc(-c3cc(C(F)(F)F)ccc3F)cc2)O1. The molecule has 5 nitrogen and oxygen atoms in total. The summed E-state index contributed by atoms with van der Waals surface area (Å²) in [6.07, 6.45) is -4.84. The third-order valence-electron chi connectivity index (χ3n) is 5.40. The Morgan fingerprint density at radius 3 is 2.61 bits per heavy atom. The van der Waals surface area contributed by atoms with Crippen LogP contribution in [-0.2, 0) is 12.7 Å². The average Bonchev–Trinajstić information content (AvgIpc) is 3.34. The molecule has 0 aliphatic carbocycles. The molecule has 1 aliphatic rings. The second-order valence-electron chi connectivity index (χ2n) is 7.59. The van der Waals surface area contributed by atoms with Gasteiger partial charge < -0.3 is 9.47 Å². The van der Waals surface area contributed by atoms with Gasteiger partial charge in [-0.1, -0.05) is 12.1 Å². The molecule has 33 heavy (non-hydrogen) atoms. The summed E-state index contributed by atoms with van der Waals surface area (Å²) in [6.45, 7) is 0.740. The second kappa shape index (κ2) is 7.81. The van der Waals surface area contributed by atoms with Crippen LogP contribution in [0.5, 0.6) is 11.8 Å². The monoisotopic (exact) mass is 453 g/mol. The number of aromatic nitrogens is 2. The van der Waals surface area contributed by atoms with E-state index < -0.39 is 17.6 Å². The lowest BCUT2D eigenvalue weighted by atomic mass is 10.0. The summed E-state index contributed by atoms with van der Waals surface area (Å²) in [5, 5.41) is 9.01. The topological polar surface area (TPSA) is 60.1 Å². The first-order valence-electron chi connectivity index (χ1n) is 9.99. The van der Waals surface area contributed by atoms with E-state index in [1.165, 1.54) is 12.1 Å². The van der Waals surface area contributed by atoms with E-state index in [9.17, 15) is 17.6 Å². The minimum absolute atomic E-state index is 0.132. The number of alkyl halides is 3. The molecule has 0 spiro atoms. The Morgan fingerprint density at radius 1 is 1.09 bits per heavy atom. The molecule has 0 N–H and O–H groups in total. The Bertz CT molecular complexity index is 1390. The quantitative estimate of drug-likeness (QED) is 0.379. The number of rotatable bonds is 4. The van der Waals surface area contributed by atoms with E-state index in [4.69, 9.17) is 14.7 Å². The third kappa shape index (κ3) is 3.96. The van der Waals surface area contributed by atoms with Gasteiger partial charge in [0, 0.05) is 5.56 Å². The number of nitrogens with zero attached hydrogens (tertiary/aromatic N) is 3. The van der Waals surface area contributed by atoms with Gasteiger partial charge in [-0.25, -0.2) is 4.39 Å². The molecule has 2 heterocycles. The van der Waals surface area contributed by atoms with Crippen molar-refractivity contribution in [2.24, 2.45) is 0 Å². The standard InChI is InChI=1S/C24H15F4N3O2/c25-20-7-4-16(24(26,27)28)10-19(20)15-2-5-17(6-3-15)32-13-18-12-31-22-8-1-14(11-29)9-21(22)30-23(31)33-18/h1-10,18H,12-13H2/t18-/m0/s1. The molecule has 0 radical (unpaired) electrons. The molecule has 1 aromatic heterocycles. The molecule has 0 saturated carbocycles. The van der Waals surface area contributed by atoms with Gasteiger partial charge in [-0.15, -0.1) is 0 Å². The number of imidazole rings is 1. The maximum absolute atomic E-state index is 14.1. The summed E-state index contributed by atoms with van der Waals surface area (Å²) < 4.78 is 66.5. The minimum atomic E-state index is -4.55. The molecule has 0 unspecified atom stereocenters. The van der Waals surface area contributed by atoms with E-state index in [-0.39, 0.29) is 18.3 Å². The Hall–Kier alpha value is -4.06. The number of benzene rings is 3. The highest BCUT2D eigenvalue weighted by Crippen LogP contribution is 2.34. The largest absolute Gasteiger partial charge is 0.490 e. The smallest absolute Gasteiger partial charge is 0.416 e. The predicted molar refractivity (Wildman–Crippen MR) is 111 cm³/mol. The van der Waals surface area contributed by atoms with Crippen molar-refractivity contribution >= 4 is 11.0 Å². The molecule has 1 aliphatic heterocycles. The fourth-order valence-corrected chi connectivity index (χ4v) is 3.76. The van der Waals surface area contributed by atoms with Crippen LogP contribution in [0.25, 0.3) is 22.2 Å². The van der Waals surface area contributed by atoms with Crippen LogP contribution in [0.3, 0.4) is 0 Å². The Labute approximate surface area is 185 Å². The van der Waals surface area contributed by atoms with Gasteiger partial charge in [0.2, 0.25) is 0 Å². The summed E-state index contributed by atoms with van der Waals surface area (Å²) in [6, 6.07) is 16.2. The number of hydrogen-bond acceptors (Lipinski definition) is 4. The zero-order valence-corrected chi connectivity index (χ0v) is 16.9. The van der Waals surface area contributed by atoms with Crippen LogP contribution in [0, 0.1) is 17.1 Å². The minimum Gasteiger partial charge on any atom is -0.490 e. The fourth-order valence-electron chi connectivity index (χ4n) is 3.76. The Morgan fingerprint density at radius 2 is 1.88 bits per heavy atom. The number of hydrogen-bond donors (Lipinski definition) is 0. The average molecular weight is 453 g/mol. The van der Waals surface area contributed by atoms with E-state index in [0.29, 0.717) is 41.0 Å². The van der Waals surface area contributed by atoms with Crippen LogP contribution < -0.4 is 9.47 Å². The van der Waals surface area contributed by atoms with E-state index in [0.717, 1.165) is 17.6 Å². The summed E-state index contributed by atoms with van der Waals surface area (Å²) >= 11 is 0. The summed E-state index contributed by atoms with van der Waals surface area (Å²) in [7, 11) is 0. The highest BCUT2D eigenvalue weighted by molar-refractivity contribution is 5.78. The fraction of sp³-hybridized carbons (Fsp3) is 0.167. The molecular weight excluding hydrogens is 438 g/mol. The highest BCUT2D eigenvalue weighted by Gasteiger charge is 2.31. The number of ether oxygens (including phenoxy) is 2. The van der Waals surface area contributed by atoms with Gasteiger partial charge in [-0.3, -0.25) is 4.57 Å². The Kier molecular flexibility index (Phi) is 4.93. The molecule has 166 valence electrons. The third-order valence-corrected chi connectivity index (χ3v) is 5.40. The Balaban J connectivity index is 1.26. The van der Waals surface area contributed by atoms with Gasteiger partial charge in [0.1, 0.15) is 18.2 Å². The molecule has 4 aromatic rings. The van der Waals surface area contributed by atoms with Gasteiger partial charge in [0.05, 0.1) is 34.8 Å². The van der Waals surface area contributed by atoms with Gasteiger partial charge in [0.15, 0.2) is 6.10 Å².